The first-order valence-electron chi connectivity index (χ1n) is 9.47. The highest BCUT2D eigenvalue weighted by atomic mass is 16.5. The largest absolute Gasteiger partial charge is 0.497 e. The number of esters is 1. The van der Waals surface area contributed by atoms with Gasteiger partial charge in [-0.25, -0.2) is 9.59 Å². The number of hydrogen-bond donors (Lipinski definition) is 2. The van der Waals surface area contributed by atoms with Gasteiger partial charge in [0.05, 0.1) is 32.9 Å². The van der Waals surface area contributed by atoms with Crippen molar-refractivity contribution in [2.45, 2.75) is 25.8 Å². The fourth-order valence-electron chi connectivity index (χ4n) is 3.74. The van der Waals surface area contributed by atoms with Gasteiger partial charge in [0.1, 0.15) is 11.5 Å². The molecule has 0 unspecified atom stereocenters. The molecule has 2 aliphatic heterocycles. The fourth-order valence-corrected chi connectivity index (χ4v) is 3.74. The third kappa shape index (κ3) is 4.22. The highest BCUT2D eigenvalue weighted by molar-refractivity contribution is 5.93. The lowest BCUT2D eigenvalue weighted by atomic mass is 10.0. The number of amides is 2. The Morgan fingerprint density at radius 2 is 2.11 bits per heavy atom. The van der Waals surface area contributed by atoms with E-state index in [9.17, 15) is 9.59 Å². The van der Waals surface area contributed by atoms with E-state index in [1.54, 1.807) is 21.1 Å². The molecule has 1 saturated heterocycles. The molecule has 2 N–H and O–H groups in total. The maximum atomic E-state index is 12.3. The molecule has 8 nitrogen and oxygen atoms in total. The van der Waals surface area contributed by atoms with E-state index in [-0.39, 0.29) is 18.6 Å². The molecule has 152 valence electrons. The van der Waals surface area contributed by atoms with Crippen LogP contribution in [0.25, 0.3) is 0 Å². The van der Waals surface area contributed by atoms with Crippen molar-refractivity contribution in [3.05, 3.63) is 35.0 Å². The summed E-state index contributed by atoms with van der Waals surface area (Å²) in [6.45, 7) is 3.55. The molecule has 3 rings (SSSR count). The van der Waals surface area contributed by atoms with E-state index in [0.717, 1.165) is 36.4 Å². The third-order valence-electron chi connectivity index (χ3n) is 5.10. The fraction of sp³-hybridized carbons (Fsp3) is 0.500. The highest BCUT2D eigenvalue weighted by Crippen LogP contribution is 2.39. The van der Waals surface area contributed by atoms with Crippen LogP contribution in [0.1, 0.15) is 31.4 Å². The number of benzene rings is 1. The molecule has 0 spiro atoms. The lowest BCUT2D eigenvalue weighted by molar-refractivity contribution is -0.138. The van der Waals surface area contributed by atoms with Crippen molar-refractivity contribution in [3.8, 4) is 11.5 Å². The predicted molar refractivity (Wildman–Crippen MR) is 103 cm³/mol. The van der Waals surface area contributed by atoms with E-state index in [0.29, 0.717) is 24.4 Å². The SMILES string of the molecule is CCOC(=O)C1=C(CN2CCC[C@@H]2c2ccc(OC)cc2OC)NC(=O)NC1. The van der Waals surface area contributed by atoms with Gasteiger partial charge in [0.15, 0.2) is 0 Å². The molecule has 0 bridgehead atoms. The number of ether oxygens (including phenoxy) is 3. The van der Waals surface area contributed by atoms with Crippen LogP contribution in [0.15, 0.2) is 29.5 Å². The monoisotopic (exact) mass is 389 g/mol. The van der Waals surface area contributed by atoms with Crippen LogP contribution in [0.3, 0.4) is 0 Å². The molecule has 2 aliphatic rings. The first-order valence-corrected chi connectivity index (χ1v) is 9.47. The van der Waals surface area contributed by atoms with Gasteiger partial charge in [0, 0.05) is 29.9 Å². The molecule has 28 heavy (non-hydrogen) atoms. The van der Waals surface area contributed by atoms with Crippen LogP contribution in [0.2, 0.25) is 0 Å². The number of carbonyl (C=O) groups excluding carboxylic acids is 2. The van der Waals surface area contributed by atoms with Crippen LogP contribution in [0.4, 0.5) is 4.79 Å². The average Bonchev–Trinajstić information content (AvgIpc) is 3.15. The van der Waals surface area contributed by atoms with Gasteiger partial charge in [-0.05, 0) is 32.4 Å². The maximum Gasteiger partial charge on any atom is 0.337 e. The first-order chi connectivity index (χ1) is 13.6. The van der Waals surface area contributed by atoms with Gasteiger partial charge >= 0.3 is 12.0 Å². The van der Waals surface area contributed by atoms with E-state index in [1.807, 2.05) is 18.2 Å². The molecule has 0 aliphatic carbocycles. The van der Waals surface area contributed by atoms with Crippen molar-refractivity contribution in [1.82, 2.24) is 15.5 Å². The van der Waals surface area contributed by atoms with Gasteiger partial charge < -0.3 is 24.8 Å². The zero-order chi connectivity index (χ0) is 20.1. The second-order valence-corrected chi connectivity index (χ2v) is 6.72. The number of methoxy groups -OCH3 is 2. The molecular weight excluding hydrogens is 362 g/mol. The van der Waals surface area contributed by atoms with Crippen molar-refractivity contribution >= 4 is 12.0 Å². The molecule has 0 radical (unpaired) electrons. The Kier molecular flexibility index (Phi) is 6.41. The number of nitrogens with zero attached hydrogens (tertiary/aromatic N) is 1. The summed E-state index contributed by atoms with van der Waals surface area (Å²) >= 11 is 0. The lowest BCUT2D eigenvalue weighted by Crippen LogP contribution is -2.46. The van der Waals surface area contributed by atoms with Crippen LogP contribution < -0.4 is 20.1 Å². The van der Waals surface area contributed by atoms with Crippen LogP contribution in [-0.4, -0.2) is 57.4 Å². The van der Waals surface area contributed by atoms with Crippen LogP contribution in [0, 0.1) is 0 Å². The highest BCUT2D eigenvalue weighted by Gasteiger charge is 2.32. The minimum atomic E-state index is -0.400. The maximum absolute atomic E-state index is 12.3. The number of nitrogens with one attached hydrogen (secondary N) is 2. The van der Waals surface area contributed by atoms with Crippen molar-refractivity contribution < 1.29 is 23.8 Å². The molecule has 8 heteroatoms. The van der Waals surface area contributed by atoms with Gasteiger partial charge in [0.25, 0.3) is 0 Å². The Morgan fingerprint density at radius 3 is 2.82 bits per heavy atom. The smallest absolute Gasteiger partial charge is 0.337 e. The van der Waals surface area contributed by atoms with Gasteiger partial charge in [-0.1, -0.05) is 6.07 Å². The standard InChI is InChI=1S/C20H27N3O5/c1-4-28-19(24)15-11-21-20(25)22-16(15)12-23-9-5-6-17(23)14-8-7-13(26-2)10-18(14)27-3/h7-8,10,17H,4-6,9,11-12H2,1-3H3,(H2,21,22,25)/t17-/m1/s1. The van der Waals surface area contributed by atoms with Crippen molar-refractivity contribution in [2.24, 2.45) is 0 Å². The summed E-state index contributed by atoms with van der Waals surface area (Å²) in [6.07, 6.45) is 1.99. The van der Waals surface area contributed by atoms with E-state index in [1.165, 1.54) is 0 Å². The van der Waals surface area contributed by atoms with E-state index >= 15 is 0 Å². The molecular formula is C20H27N3O5. The minimum absolute atomic E-state index is 0.128. The quantitative estimate of drug-likeness (QED) is 0.693. The van der Waals surface area contributed by atoms with Crippen molar-refractivity contribution in [3.63, 3.8) is 0 Å². The molecule has 2 amide bonds. The summed E-state index contributed by atoms with van der Waals surface area (Å²) in [5.74, 6) is 1.11. The van der Waals surface area contributed by atoms with Gasteiger partial charge in [-0.15, -0.1) is 0 Å². The Morgan fingerprint density at radius 1 is 1.29 bits per heavy atom. The molecule has 1 fully saturated rings. The summed E-state index contributed by atoms with van der Waals surface area (Å²) < 4.78 is 16.0. The Bertz CT molecular complexity index is 777. The number of hydrogen-bond acceptors (Lipinski definition) is 6. The summed E-state index contributed by atoms with van der Waals surface area (Å²) in [5.41, 5.74) is 2.13. The summed E-state index contributed by atoms with van der Waals surface area (Å²) in [5, 5.41) is 5.43. The summed E-state index contributed by atoms with van der Waals surface area (Å²) in [7, 11) is 3.27. The van der Waals surface area contributed by atoms with Gasteiger partial charge in [0.2, 0.25) is 0 Å². The second kappa shape index (κ2) is 8.97. The molecule has 1 aromatic rings. The van der Waals surface area contributed by atoms with Gasteiger partial charge in [-0.2, -0.15) is 0 Å². The number of likely N-dealkylation sites (tertiary alicyclic amines) is 1. The molecule has 1 aromatic carbocycles. The third-order valence-corrected chi connectivity index (χ3v) is 5.10. The zero-order valence-corrected chi connectivity index (χ0v) is 16.5. The number of carbonyl (C=O) groups is 2. The minimum Gasteiger partial charge on any atom is -0.497 e. The van der Waals surface area contributed by atoms with Crippen LogP contribution in [0.5, 0.6) is 11.5 Å². The van der Waals surface area contributed by atoms with E-state index < -0.39 is 5.97 Å². The Balaban J connectivity index is 1.86. The Hall–Kier alpha value is -2.74. The molecule has 2 heterocycles. The molecule has 0 saturated carbocycles. The van der Waals surface area contributed by atoms with Crippen LogP contribution in [-0.2, 0) is 9.53 Å². The van der Waals surface area contributed by atoms with E-state index in [2.05, 4.69) is 15.5 Å². The summed E-state index contributed by atoms with van der Waals surface area (Å²) in [4.78, 5) is 26.4. The first kappa shape index (κ1) is 20.0. The summed E-state index contributed by atoms with van der Waals surface area (Å²) in [6, 6.07) is 5.64. The lowest BCUT2D eigenvalue weighted by Gasteiger charge is -2.30. The normalized spacial score (nSPS) is 19.8. The Labute approximate surface area is 164 Å². The number of urea groups is 1. The predicted octanol–water partition coefficient (Wildman–Crippen LogP) is 1.97. The van der Waals surface area contributed by atoms with E-state index in [4.69, 9.17) is 14.2 Å². The topological polar surface area (TPSA) is 89.1 Å². The van der Waals surface area contributed by atoms with Crippen molar-refractivity contribution in [2.75, 3.05) is 40.5 Å². The van der Waals surface area contributed by atoms with Crippen molar-refractivity contribution in [1.29, 1.82) is 0 Å². The van der Waals surface area contributed by atoms with Crippen LogP contribution >= 0.6 is 0 Å². The second-order valence-electron chi connectivity index (χ2n) is 6.72. The number of rotatable bonds is 7. The molecule has 0 aromatic heterocycles. The zero-order valence-electron chi connectivity index (χ0n) is 16.5. The molecule has 1 atom stereocenters. The average molecular weight is 389 g/mol. The van der Waals surface area contributed by atoms with Gasteiger partial charge in [-0.3, -0.25) is 4.90 Å².